The Hall–Kier alpha value is -13.2. The van der Waals surface area contributed by atoms with Crippen molar-refractivity contribution < 1.29 is 175 Å². The van der Waals surface area contributed by atoms with Crippen molar-refractivity contribution in [1.82, 2.24) is 9.97 Å². The average Bonchev–Trinajstić information content (AvgIpc) is 1.56. The Balaban J connectivity index is 0.000000131. The highest BCUT2D eigenvalue weighted by Gasteiger charge is 2.52. The molecule has 4 fully saturated rings. The van der Waals surface area contributed by atoms with Crippen LogP contribution in [0, 0.1) is 5.92 Å². The van der Waals surface area contributed by atoms with Gasteiger partial charge in [0.25, 0.3) is 0 Å². The lowest BCUT2D eigenvalue weighted by Gasteiger charge is -2.41. The van der Waals surface area contributed by atoms with E-state index in [0.717, 1.165) is 0 Å². The maximum absolute atomic E-state index is 13.3. The third kappa shape index (κ3) is 16.9. The van der Waals surface area contributed by atoms with Crippen molar-refractivity contribution in [3.05, 3.63) is 217 Å². The number of aliphatic hydroxyl groups excluding tert-OH is 12. The third-order valence-corrected chi connectivity index (χ3v) is 25.5. The number of rotatable bonds is 21. The molecule has 0 amide bonds. The minimum Gasteiger partial charge on any atom is -0.461 e. The molecular formula is C97H87ClN2O36. The van der Waals surface area contributed by atoms with E-state index in [0.29, 0.717) is 168 Å². The van der Waals surface area contributed by atoms with Gasteiger partial charge in [0, 0.05) is 67.0 Å². The predicted molar refractivity (Wildman–Crippen MR) is 465 cm³/mol. The molecule has 15 atom stereocenters. The van der Waals surface area contributed by atoms with Gasteiger partial charge >= 0.3 is 35.8 Å². The van der Waals surface area contributed by atoms with Crippen LogP contribution < -0.4 is 42.6 Å². The van der Waals surface area contributed by atoms with E-state index in [4.69, 9.17) is 96.9 Å². The fourth-order valence-corrected chi connectivity index (χ4v) is 18.1. The lowest BCUT2D eigenvalue weighted by Crippen LogP contribution is -2.59. The van der Waals surface area contributed by atoms with E-state index < -0.39 is 154 Å². The standard InChI is InChI=1S/C34H29ClO12.C32H28N2O12.C31H30O12/c1-15-28(38)31(46-32(40)16-2-5-20(35)6-3-16)29(39)34(45-15)47-30-22-9-19(12-37)18(11-36)8-21(22)26(27-23(30)13-42-33(27)41)17-4-7-24-25(10-17)44-14-43-24;1-14-26(37)29(45-30(39)21-9-33-4-5-34-21)27(38)32(44-14)46-28-19-7-17(11-36)16(10-35)6-18(19)24(25-20(28)12-41-31(25)40)15-2-3-22-23(8-15)43-13-42-22;1-13-25(34)28(42-29(36)14-2-3-14)26(35)31(41-13)43-27-19-7-17(10-33)16(9-32)6-18(19)23(24-20(27)11-38-30(24)37)15-4-5-21-22(8-15)40-12-39-21/h2-10,15,28-29,31,34,36-39H,11-14H2,1H3;2-9,14,26-27,29,32,35-38H,10-13H2,1H3;4-8,13-14,25-26,28,31-35H,2-3,9-12H2,1H3/t15-,28-,29-,31+,34?;14-,26-,27-,29+,32?;13-,25-,26-,28+,31?/m111/s1. The topological polar surface area (TPSA) is 537 Å². The summed E-state index contributed by atoms with van der Waals surface area (Å²) in [6.45, 7) is 1.89. The van der Waals surface area contributed by atoms with Gasteiger partial charge in [-0.1, -0.05) is 29.8 Å². The first-order valence-corrected chi connectivity index (χ1v) is 43.6. The van der Waals surface area contributed by atoms with Crippen LogP contribution in [-0.2, 0) is 107 Å². The summed E-state index contributed by atoms with van der Waals surface area (Å²) in [5.74, 6) is -0.871. The molecule has 136 heavy (non-hydrogen) atoms. The highest BCUT2D eigenvalue weighted by atomic mass is 35.5. The molecule has 3 unspecified atom stereocenters. The van der Waals surface area contributed by atoms with Crippen molar-refractivity contribution in [2.24, 2.45) is 5.92 Å². The van der Waals surface area contributed by atoms with Crippen LogP contribution in [0.2, 0.25) is 5.02 Å². The molecule has 10 aromatic carbocycles. The molecule has 1 aromatic heterocycles. The quantitative estimate of drug-likeness (QED) is 0.0246. The second kappa shape index (κ2) is 37.8. The van der Waals surface area contributed by atoms with Crippen molar-refractivity contribution in [2.75, 3.05) is 20.4 Å². The number of hydrogen-bond donors (Lipinski definition) is 12. The smallest absolute Gasteiger partial charge is 0.359 e. The first kappa shape index (κ1) is 91.9. The van der Waals surface area contributed by atoms with Crippen molar-refractivity contribution in [3.8, 4) is 85.1 Å². The van der Waals surface area contributed by atoms with E-state index in [1.807, 2.05) is 0 Å². The summed E-state index contributed by atoms with van der Waals surface area (Å²) in [6, 6.07) is 31.5. The lowest BCUT2D eigenvalue weighted by atomic mass is 9.87. The van der Waals surface area contributed by atoms with Gasteiger partial charge in [-0.2, -0.15) is 0 Å². The maximum atomic E-state index is 13.3. The summed E-state index contributed by atoms with van der Waals surface area (Å²) in [5.41, 5.74) is 7.44. The zero-order valence-electron chi connectivity index (χ0n) is 72.3. The number of cyclic esters (lactones) is 3. The van der Waals surface area contributed by atoms with Gasteiger partial charge in [-0.15, -0.1) is 0 Å². The number of hydrogen-bond acceptors (Lipinski definition) is 38. The van der Waals surface area contributed by atoms with E-state index in [9.17, 15) is 90.0 Å². The Morgan fingerprint density at radius 1 is 0.375 bits per heavy atom. The van der Waals surface area contributed by atoms with Crippen LogP contribution in [0.1, 0.15) is 136 Å². The van der Waals surface area contributed by atoms with Gasteiger partial charge in [-0.05, 0) is 197 Å². The molecule has 11 aromatic rings. The van der Waals surface area contributed by atoms with Crippen molar-refractivity contribution in [1.29, 1.82) is 0 Å². The highest BCUT2D eigenvalue weighted by Crippen LogP contribution is 2.54. The molecule has 1 aliphatic carbocycles. The summed E-state index contributed by atoms with van der Waals surface area (Å²) in [5, 5.41) is 130. The number of carbonyl (C=O) groups is 6. The van der Waals surface area contributed by atoms with E-state index in [-0.39, 0.29) is 105 Å². The molecular weight excluding hydrogens is 1800 g/mol. The van der Waals surface area contributed by atoms with Crippen LogP contribution in [0.3, 0.4) is 0 Å². The third-order valence-electron chi connectivity index (χ3n) is 25.2. The van der Waals surface area contributed by atoms with Crippen molar-refractivity contribution >= 4 is 79.7 Å². The Kier molecular flexibility index (Phi) is 25.5. The first-order valence-electron chi connectivity index (χ1n) is 43.2. The van der Waals surface area contributed by atoms with Gasteiger partial charge in [0.05, 0.1) is 92.3 Å². The molecule has 0 spiro atoms. The maximum Gasteiger partial charge on any atom is 0.359 e. The number of nitrogens with zero attached hydrogens (tertiary/aromatic N) is 2. The molecule has 12 N–H and O–H groups in total. The van der Waals surface area contributed by atoms with Gasteiger partial charge in [-0.25, -0.2) is 29.0 Å². The summed E-state index contributed by atoms with van der Waals surface area (Å²) < 4.78 is 103. The van der Waals surface area contributed by atoms with Crippen LogP contribution in [0.15, 0.2) is 134 Å². The molecule has 1 saturated carbocycles. The minimum absolute atomic E-state index is 0.0485. The molecule has 0 radical (unpaired) electrons. The molecule has 3 saturated heterocycles. The number of fused-ring (bicyclic) bond motifs is 9. The van der Waals surface area contributed by atoms with Crippen molar-refractivity contribution in [2.45, 2.75) is 185 Å². The second-order valence-corrected chi connectivity index (χ2v) is 33.9. The zero-order valence-corrected chi connectivity index (χ0v) is 73.0. The van der Waals surface area contributed by atoms with Crippen LogP contribution >= 0.6 is 11.6 Å². The molecule has 10 aliphatic rings. The summed E-state index contributed by atoms with van der Waals surface area (Å²) in [4.78, 5) is 85.8. The van der Waals surface area contributed by atoms with Crippen LogP contribution in [-0.4, -0.2) is 220 Å². The predicted octanol–water partition coefficient (Wildman–Crippen LogP) is 7.42. The van der Waals surface area contributed by atoms with E-state index in [1.54, 1.807) is 97.9 Å². The van der Waals surface area contributed by atoms with Gasteiger partial charge in [-0.3, -0.25) is 9.78 Å². The molecule has 708 valence electrons. The number of ether oxygens (including phenoxy) is 18. The average molecular weight is 1890 g/mol. The number of halogens is 1. The molecule has 38 nitrogen and oxygen atoms in total. The highest BCUT2D eigenvalue weighted by molar-refractivity contribution is 6.30. The molecule has 0 bridgehead atoms. The number of benzene rings is 10. The summed E-state index contributed by atoms with van der Waals surface area (Å²) in [7, 11) is 0. The Morgan fingerprint density at radius 3 is 1.02 bits per heavy atom. The first-order chi connectivity index (χ1) is 65.7. The van der Waals surface area contributed by atoms with Gasteiger partial charge in [0.1, 0.15) is 55.4 Å². The molecule has 10 heterocycles. The fraction of sp³-hybridized carbons (Fsp3) is 0.340. The SMILES string of the molecule is C[C@H]1OC(Oc2c3c(c(-c4ccc5c(c4)OCO5)c4cc(CO)c(CO)cc24)C(=O)OC3)[C@H](O)[C@@H](OC(=O)C2CC2)[C@@H]1O.C[C@H]1OC(Oc2c3c(c(-c4ccc5c(c4)OCO5)c4cc(CO)c(CO)cc24)C(=O)OC3)[C@H](O)[C@@H](OC(=O)c2ccc(Cl)cc2)[C@@H]1O.C[C@H]1OC(Oc2c3c(c(-c4ccc5c(c4)OCO5)c4cc(CO)c(CO)cc24)C(=O)OC3)[C@H](O)[C@@H](OC(=O)c2cnccn2)[C@@H]1O. The monoisotopic (exact) mass is 1890 g/mol. The Bertz CT molecular complexity index is 6610. The Morgan fingerprint density at radius 2 is 0.699 bits per heavy atom. The number of aliphatic hydroxyl groups is 12. The van der Waals surface area contributed by atoms with Crippen LogP contribution in [0.25, 0.3) is 65.7 Å². The Labute approximate surface area is 774 Å². The molecule has 39 heteroatoms. The normalized spacial score (nSPS) is 24.0. The number of carbonyl (C=O) groups excluding carboxylic acids is 6. The minimum atomic E-state index is -1.70. The number of esters is 6. The van der Waals surface area contributed by atoms with E-state index >= 15 is 0 Å². The fourth-order valence-electron chi connectivity index (χ4n) is 18.0. The van der Waals surface area contributed by atoms with E-state index in [2.05, 4.69) is 9.97 Å². The largest absolute Gasteiger partial charge is 0.461 e. The van der Waals surface area contributed by atoms with Gasteiger partial charge < -0.3 is 147 Å². The van der Waals surface area contributed by atoms with Gasteiger partial charge in [0.15, 0.2) is 76.8 Å². The second-order valence-electron chi connectivity index (χ2n) is 33.5. The lowest BCUT2D eigenvalue weighted by molar-refractivity contribution is -0.273. The molecule has 21 rings (SSSR count). The van der Waals surface area contributed by atoms with Crippen molar-refractivity contribution in [3.63, 3.8) is 0 Å². The van der Waals surface area contributed by atoms with E-state index in [1.165, 1.54) is 56.7 Å². The molecule has 9 aliphatic heterocycles. The summed E-state index contributed by atoms with van der Waals surface area (Å²) in [6.07, 6.45) is -15.2. The van der Waals surface area contributed by atoms with Gasteiger partial charge in [0.2, 0.25) is 39.2 Å². The van der Waals surface area contributed by atoms with Crippen LogP contribution in [0.4, 0.5) is 0 Å². The summed E-state index contributed by atoms with van der Waals surface area (Å²) >= 11 is 5.93. The number of aromatic nitrogens is 2. The van der Waals surface area contributed by atoms with Crippen LogP contribution in [0.5, 0.6) is 51.7 Å². The zero-order chi connectivity index (χ0) is 95.1.